The van der Waals surface area contributed by atoms with Crippen LogP contribution in [0.1, 0.15) is 37.7 Å². The number of carboxylic acids is 1. The molecule has 0 N–H and O–H groups in total. The van der Waals surface area contributed by atoms with Gasteiger partial charge in [-0.15, -0.1) is 0 Å². The minimum Gasteiger partial charge on any atom is -0.550 e. The summed E-state index contributed by atoms with van der Waals surface area (Å²) in [5, 5.41) is 10.4. The second-order valence-electron chi connectivity index (χ2n) is 5.74. The number of anilines is 1. The Morgan fingerprint density at radius 2 is 1.74 bits per heavy atom. The van der Waals surface area contributed by atoms with Gasteiger partial charge in [0.2, 0.25) is 0 Å². The zero-order valence-corrected chi connectivity index (χ0v) is 13.2. The van der Waals surface area contributed by atoms with Gasteiger partial charge in [0.1, 0.15) is 0 Å². The van der Waals surface area contributed by atoms with Crippen LogP contribution in [0.15, 0.2) is 24.3 Å². The maximum absolute atomic E-state index is 12.5. The summed E-state index contributed by atoms with van der Waals surface area (Å²) < 4.78 is 37.6. The molecule has 1 fully saturated rings. The summed E-state index contributed by atoms with van der Waals surface area (Å²) in [7, 11) is 0. The van der Waals surface area contributed by atoms with E-state index in [1.807, 2.05) is 0 Å². The van der Waals surface area contributed by atoms with Crippen molar-refractivity contribution < 1.29 is 41.9 Å². The first-order valence-electron chi connectivity index (χ1n) is 7.48. The van der Waals surface area contributed by atoms with Gasteiger partial charge in [0.15, 0.2) is 0 Å². The van der Waals surface area contributed by atoms with Gasteiger partial charge in [-0.3, -0.25) is 0 Å². The van der Waals surface area contributed by atoms with Gasteiger partial charge in [-0.2, -0.15) is 13.2 Å². The first-order chi connectivity index (χ1) is 10.4. The molecule has 0 amide bonds. The molecule has 0 bridgehead atoms. The molecule has 1 aromatic carbocycles. The first-order valence-corrected chi connectivity index (χ1v) is 7.48. The molecule has 0 saturated carbocycles. The largest absolute Gasteiger partial charge is 1.00 e. The number of carbonyl (C=O) groups excluding carboxylic acids is 1. The number of piperidine rings is 1. The van der Waals surface area contributed by atoms with Crippen LogP contribution in [0, 0.1) is 5.92 Å². The van der Waals surface area contributed by atoms with Crippen LogP contribution in [0.2, 0.25) is 0 Å². The number of alkyl halides is 3. The third-order valence-electron chi connectivity index (χ3n) is 4.17. The van der Waals surface area contributed by atoms with Gasteiger partial charge in [-0.1, -0.05) is 0 Å². The molecule has 1 heterocycles. The van der Waals surface area contributed by atoms with Crippen molar-refractivity contribution in [3.63, 3.8) is 0 Å². The molecule has 7 heteroatoms. The van der Waals surface area contributed by atoms with Gasteiger partial charge in [-0.05, 0) is 62.3 Å². The molecule has 1 saturated heterocycles. The average Bonchev–Trinajstić information content (AvgIpc) is 2.47. The van der Waals surface area contributed by atoms with Gasteiger partial charge < -0.3 is 14.8 Å². The summed E-state index contributed by atoms with van der Waals surface area (Å²) in [4.78, 5) is 12.5. The minimum absolute atomic E-state index is 0. The van der Waals surface area contributed by atoms with E-state index in [2.05, 4.69) is 4.90 Å². The average molecular weight is 321 g/mol. The Kier molecular flexibility index (Phi) is 7.49. The van der Waals surface area contributed by atoms with Crippen LogP contribution in [0.4, 0.5) is 18.9 Å². The Hall–Kier alpha value is -1.12. The van der Waals surface area contributed by atoms with Crippen molar-refractivity contribution in [3.05, 3.63) is 29.8 Å². The molecule has 0 unspecified atom stereocenters. The van der Waals surface area contributed by atoms with Crippen LogP contribution in [0.25, 0.3) is 0 Å². The molecule has 23 heavy (non-hydrogen) atoms. The molecule has 1 aliphatic heterocycles. The molecule has 3 nitrogen and oxygen atoms in total. The third-order valence-corrected chi connectivity index (χ3v) is 4.17. The van der Waals surface area contributed by atoms with Crippen molar-refractivity contribution >= 4 is 11.7 Å². The zero-order chi connectivity index (χ0) is 16.2. The number of carbonyl (C=O) groups is 1. The maximum atomic E-state index is 12.5. The Balaban J connectivity index is 0.00000264. The maximum Gasteiger partial charge on any atom is 1.00 e. The van der Waals surface area contributed by atoms with Gasteiger partial charge in [-0.25, -0.2) is 0 Å². The fourth-order valence-corrected chi connectivity index (χ4v) is 2.88. The second-order valence-corrected chi connectivity index (χ2v) is 5.74. The summed E-state index contributed by atoms with van der Waals surface area (Å²) in [6.45, 7) is 1.59. The smallest absolute Gasteiger partial charge is 0.550 e. The van der Waals surface area contributed by atoms with E-state index in [-0.39, 0.29) is 25.3 Å². The van der Waals surface area contributed by atoms with E-state index < -0.39 is 17.7 Å². The Morgan fingerprint density at radius 3 is 2.22 bits per heavy atom. The van der Waals surface area contributed by atoms with Gasteiger partial charge in [0.25, 0.3) is 0 Å². The second kappa shape index (κ2) is 8.65. The van der Waals surface area contributed by atoms with Crippen LogP contribution < -0.4 is 28.9 Å². The molecule has 1 aromatic rings. The number of benzene rings is 1. The number of hydrogen-bond donors (Lipinski definition) is 0. The molecule has 0 aromatic heterocycles. The normalized spacial score (nSPS) is 16.0. The Labute approximate surface area is 146 Å². The standard InChI is InChI=1S/C16H20F3NO2.Li/c17-16(18,19)13-4-6-14(7-5-13)20-10-8-12(9-11-20)2-1-3-15(21)22;/h4-7,12H,1-3,8-11H2,(H,21,22);/q;+1/p-1. The Morgan fingerprint density at radius 1 is 1.17 bits per heavy atom. The molecule has 0 radical (unpaired) electrons. The number of carboxylic acid groups (broad SMARTS) is 1. The van der Waals surface area contributed by atoms with Gasteiger partial charge in [0, 0.05) is 24.7 Å². The monoisotopic (exact) mass is 321 g/mol. The number of aliphatic carboxylic acids is 1. The van der Waals surface area contributed by atoms with E-state index in [1.165, 1.54) is 12.1 Å². The summed E-state index contributed by atoms with van der Waals surface area (Å²) in [5.41, 5.74) is 0.176. The number of halogens is 3. The SMILES string of the molecule is O=C([O-])CCCC1CCN(c2ccc(C(F)(F)F)cc2)CC1.[Li+]. The predicted octanol–water partition coefficient (Wildman–Crippen LogP) is -0.154. The van der Waals surface area contributed by atoms with Crippen molar-refractivity contribution in [2.75, 3.05) is 18.0 Å². The molecule has 1 aliphatic rings. The molecule has 0 atom stereocenters. The fraction of sp³-hybridized carbons (Fsp3) is 0.562. The summed E-state index contributed by atoms with van der Waals surface area (Å²) in [6, 6.07) is 5.25. The van der Waals surface area contributed by atoms with Crippen molar-refractivity contribution in [2.24, 2.45) is 5.92 Å². The van der Waals surface area contributed by atoms with Crippen LogP contribution in [0.3, 0.4) is 0 Å². The van der Waals surface area contributed by atoms with Crippen molar-refractivity contribution in [3.8, 4) is 0 Å². The first kappa shape index (κ1) is 19.9. The quantitative estimate of drug-likeness (QED) is 0.708. The number of hydrogen-bond acceptors (Lipinski definition) is 3. The molecule has 122 valence electrons. The topological polar surface area (TPSA) is 43.4 Å². The van der Waals surface area contributed by atoms with Crippen LogP contribution in [-0.2, 0) is 11.0 Å². The molecule has 0 aliphatic carbocycles. The molecular weight excluding hydrogens is 302 g/mol. The van der Waals surface area contributed by atoms with E-state index in [0.717, 1.165) is 50.2 Å². The number of rotatable bonds is 5. The van der Waals surface area contributed by atoms with Crippen LogP contribution in [0.5, 0.6) is 0 Å². The third kappa shape index (κ3) is 6.12. The number of nitrogens with zero attached hydrogens (tertiary/aromatic N) is 1. The zero-order valence-electron chi connectivity index (χ0n) is 13.2. The summed E-state index contributed by atoms with van der Waals surface area (Å²) in [5.74, 6) is -0.521. The van der Waals surface area contributed by atoms with Crippen molar-refractivity contribution in [2.45, 2.75) is 38.3 Å². The van der Waals surface area contributed by atoms with Crippen LogP contribution in [-0.4, -0.2) is 19.1 Å². The van der Waals surface area contributed by atoms with Gasteiger partial charge in [0.05, 0.1) is 5.56 Å². The van der Waals surface area contributed by atoms with Crippen molar-refractivity contribution in [1.29, 1.82) is 0 Å². The van der Waals surface area contributed by atoms with E-state index in [4.69, 9.17) is 0 Å². The van der Waals surface area contributed by atoms with Crippen molar-refractivity contribution in [1.82, 2.24) is 0 Å². The van der Waals surface area contributed by atoms with E-state index in [9.17, 15) is 23.1 Å². The summed E-state index contributed by atoms with van der Waals surface area (Å²) in [6.07, 6.45) is -0.826. The molecular formula is C16H19F3LiNO2. The minimum atomic E-state index is -4.30. The van der Waals surface area contributed by atoms with Crippen LogP contribution >= 0.6 is 0 Å². The predicted molar refractivity (Wildman–Crippen MR) is 75.2 cm³/mol. The van der Waals surface area contributed by atoms with E-state index in [0.29, 0.717) is 12.3 Å². The van der Waals surface area contributed by atoms with E-state index in [1.54, 1.807) is 0 Å². The van der Waals surface area contributed by atoms with Gasteiger partial charge >= 0.3 is 25.0 Å². The Bertz CT molecular complexity index is 497. The summed E-state index contributed by atoms with van der Waals surface area (Å²) >= 11 is 0. The van der Waals surface area contributed by atoms with E-state index >= 15 is 0 Å². The fourth-order valence-electron chi connectivity index (χ4n) is 2.88. The molecule has 0 spiro atoms. The molecule has 2 rings (SSSR count).